The van der Waals surface area contributed by atoms with Gasteiger partial charge in [-0.15, -0.1) is 0 Å². The average molecular weight is 348 g/mol. The number of alkyl halides is 2. The Hall–Kier alpha value is -2.54. The number of carbonyl (C=O) groups excluding carboxylic acids is 1. The van der Waals surface area contributed by atoms with Crippen molar-refractivity contribution in [3.63, 3.8) is 0 Å². The molecule has 0 N–H and O–H groups in total. The van der Waals surface area contributed by atoms with E-state index in [1.165, 1.54) is 35.6 Å². The molecule has 0 saturated carbocycles. The van der Waals surface area contributed by atoms with Crippen LogP contribution >= 0.6 is 11.3 Å². The number of amides is 1. The van der Waals surface area contributed by atoms with Crippen molar-refractivity contribution in [3.05, 3.63) is 54.1 Å². The minimum absolute atomic E-state index is 0.0181. The highest BCUT2D eigenvalue weighted by atomic mass is 32.1. The molecule has 0 aliphatic carbocycles. The first-order chi connectivity index (χ1) is 11.6. The van der Waals surface area contributed by atoms with Crippen LogP contribution in [0.15, 0.2) is 48.5 Å². The van der Waals surface area contributed by atoms with Crippen molar-refractivity contribution in [1.29, 1.82) is 0 Å². The van der Waals surface area contributed by atoms with E-state index in [-0.39, 0.29) is 11.7 Å². The lowest BCUT2D eigenvalue weighted by molar-refractivity contribution is -0.0498. The van der Waals surface area contributed by atoms with Crippen molar-refractivity contribution < 1.29 is 18.3 Å². The molecule has 2 aromatic carbocycles. The Morgan fingerprint density at radius 2 is 1.92 bits per heavy atom. The lowest BCUT2D eigenvalue weighted by Crippen LogP contribution is -2.30. The molecule has 1 heterocycles. The van der Waals surface area contributed by atoms with Gasteiger partial charge in [0, 0.05) is 12.1 Å². The normalized spacial score (nSPS) is 11.0. The molecule has 124 valence electrons. The minimum atomic E-state index is -2.89. The van der Waals surface area contributed by atoms with Crippen molar-refractivity contribution in [2.75, 3.05) is 11.4 Å². The minimum Gasteiger partial charge on any atom is -0.435 e. The molecule has 1 amide bonds. The molecular formula is C17H14F2N2O2S. The van der Waals surface area contributed by atoms with Gasteiger partial charge in [-0.2, -0.15) is 8.78 Å². The molecule has 1 aromatic heterocycles. The van der Waals surface area contributed by atoms with Gasteiger partial charge in [-0.1, -0.05) is 23.5 Å². The Morgan fingerprint density at radius 3 is 2.54 bits per heavy atom. The van der Waals surface area contributed by atoms with Crippen LogP contribution in [0.3, 0.4) is 0 Å². The van der Waals surface area contributed by atoms with E-state index in [1.54, 1.807) is 4.90 Å². The second-order valence-corrected chi connectivity index (χ2v) is 5.93. The number of para-hydroxylation sites is 1. The van der Waals surface area contributed by atoms with Crippen LogP contribution < -0.4 is 9.64 Å². The van der Waals surface area contributed by atoms with Crippen LogP contribution in [0, 0.1) is 0 Å². The molecule has 0 aliphatic rings. The molecule has 4 nitrogen and oxygen atoms in total. The van der Waals surface area contributed by atoms with Crippen LogP contribution in [0.2, 0.25) is 0 Å². The number of fused-ring (bicyclic) bond motifs is 1. The first-order valence-electron chi connectivity index (χ1n) is 7.31. The summed E-state index contributed by atoms with van der Waals surface area (Å²) in [5, 5.41) is 0.608. The maximum Gasteiger partial charge on any atom is 0.387 e. The summed E-state index contributed by atoms with van der Waals surface area (Å²) in [5.41, 5.74) is 1.22. The predicted octanol–water partition coefficient (Wildman–Crippen LogP) is 4.56. The molecule has 0 spiro atoms. The number of anilines is 1. The lowest BCUT2D eigenvalue weighted by Gasteiger charge is -2.17. The summed E-state index contributed by atoms with van der Waals surface area (Å²) in [6.07, 6.45) is 0. The van der Waals surface area contributed by atoms with Crippen molar-refractivity contribution in [2.45, 2.75) is 13.5 Å². The summed E-state index contributed by atoms with van der Waals surface area (Å²) < 4.78 is 29.7. The van der Waals surface area contributed by atoms with Crippen molar-refractivity contribution in [3.8, 4) is 5.75 Å². The number of nitrogens with zero attached hydrogens (tertiary/aromatic N) is 2. The van der Waals surface area contributed by atoms with Crippen molar-refractivity contribution in [1.82, 2.24) is 4.98 Å². The van der Waals surface area contributed by atoms with Gasteiger partial charge in [-0.3, -0.25) is 9.69 Å². The Kier molecular flexibility index (Phi) is 4.71. The number of rotatable bonds is 5. The number of hydrogen-bond acceptors (Lipinski definition) is 4. The highest BCUT2D eigenvalue weighted by molar-refractivity contribution is 7.22. The van der Waals surface area contributed by atoms with Gasteiger partial charge in [0.15, 0.2) is 5.13 Å². The van der Waals surface area contributed by atoms with E-state index < -0.39 is 6.61 Å². The van der Waals surface area contributed by atoms with Crippen molar-refractivity contribution >= 4 is 32.6 Å². The van der Waals surface area contributed by atoms with E-state index in [0.717, 1.165) is 10.2 Å². The maximum absolute atomic E-state index is 12.7. The molecule has 0 fully saturated rings. The van der Waals surface area contributed by atoms with Crippen LogP contribution in [0.4, 0.5) is 13.9 Å². The number of hydrogen-bond donors (Lipinski definition) is 0. The van der Waals surface area contributed by atoms with E-state index in [0.29, 0.717) is 17.2 Å². The number of carbonyl (C=O) groups is 1. The summed E-state index contributed by atoms with van der Waals surface area (Å²) in [6, 6.07) is 13.3. The van der Waals surface area contributed by atoms with Gasteiger partial charge < -0.3 is 4.74 Å². The zero-order chi connectivity index (χ0) is 17.1. The second-order valence-electron chi connectivity index (χ2n) is 4.92. The predicted molar refractivity (Wildman–Crippen MR) is 90.0 cm³/mol. The third-order valence-electron chi connectivity index (χ3n) is 3.40. The van der Waals surface area contributed by atoms with Gasteiger partial charge in [0.25, 0.3) is 5.91 Å². The number of thiazole rings is 1. The quantitative estimate of drug-likeness (QED) is 0.678. The van der Waals surface area contributed by atoms with Crippen LogP contribution in [0.25, 0.3) is 10.2 Å². The largest absolute Gasteiger partial charge is 0.435 e. The van der Waals surface area contributed by atoms with E-state index in [2.05, 4.69) is 9.72 Å². The Labute approximate surface area is 141 Å². The number of aromatic nitrogens is 1. The molecule has 0 radical (unpaired) electrons. The fourth-order valence-corrected chi connectivity index (χ4v) is 3.30. The monoisotopic (exact) mass is 348 g/mol. The molecular weight excluding hydrogens is 334 g/mol. The topological polar surface area (TPSA) is 42.4 Å². The van der Waals surface area contributed by atoms with Crippen LogP contribution in [0.5, 0.6) is 5.75 Å². The summed E-state index contributed by atoms with van der Waals surface area (Å²) >= 11 is 1.43. The van der Waals surface area contributed by atoms with Gasteiger partial charge in [0.2, 0.25) is 0 Å². The summed E-state index contributed by atoms with van der Waals surface area (Å²) in [5.74, 6) is -0.218. The smallest absolute Gasteiger partial charge is 0.387 e. The molecule has 0 unspecified atom stereocenters. The third kappa shape index (κ3) is 3.35. The summed E-state index contributed by atoms with van der Waals surface area (Å²) in [6.45, 7) is -0.576. The SMILES string of the molecule is CCN(C(=O)c1ccc(OC(F)F)cc1)c1nc2ccccc2s1. The van der Waals surface area contributed by atoms with Crippen LogP contribution in [0.1, 0.15) is 17.3 Å². The molecule has 0 bridgehead atoms. The zero-order valence-corrected chi connectivity index (χ0v) is 13.6. The molecule has 24 heavy (non-hydrogen) atoms. The molecule has 0 saturated heterocycles. The maximum atomic E-state index is 12.7. The van der Waals surface area contributed by atoms with Crippen LogP contribution in [-0.2, 0) is 0 Å². The summed E-state index contributed by atoms with van der Waals surface area (Å²) in [4.78, 5) is 18.7. The van der Waals surface area contributed by atoms with E-state index in [4.69, 9.17) is 0 Å². The molecule has 3 aromatic rings. The number of halogens is 2. The first kappa shape index (κ1) is 16.3. The Balaban J connectivity index is 1.85. The molecule has 0 atom stereocenters. The molecule has 3 rings (SSSR count). The fraction of sp³-hybridized carbons (Fsp3) is 0.176. The Bertz CT molecular complexity index is 816. The fourth-order valence-electron chi connectivity index (χ4n) is 2.28. The zero-order valence-electron chi connectivity index (χ0n) is 12.8. The molecule has 0 aliphatic heterocycles. The standard InChI is InChI=1S/C17H14F2N2O2S/c1-2-21(17-20-13-5-3-4-6-14(13)24-17)15(22)11-7-9-12(10-8-11)23-16(18)19/h3-10,16H,2H2,1H3. The first-order valence-corrected chi connectivity index (χ1v) is 8.12. The van der Waals surface area contributed by atoms with E-state index in [1.807, 2.05) is 31.2 Å². The summed E-state index contributed by atoms with van der Waals surface area (Å²) in [7, 11) is 0. The number of benzene rings is 2. The lowest BCUT2D eigenvalue weighted by atomic mass is 10.2. The Morgan fingerprint density at radius 1 is 1.21 bits per heavy atom. The van der Waals surface area contributed by atoms with Crippen LogP contribution in [-0.4, -0.2) is 24.0 Å². The van der Waals surface area contributed by atoms with E-state index in [9.17, 15) is 13.6 Å². The van der Waals surface area contributed by atoms with Gasteiger partial charge in [-0.25, -0.2) is 4.98 Å². The van der Waals surface area contributed by atoms with Gasteiger partial charge in [-0.05, 0) is 43.3 Å². The molecule has 7 heteroatoms. The van der Waals surface area contributed by atoms with Gasteiger partial charge >= 0.3 is 6.61 Å². The highest BCUT2D eigenvalue weighted by Crippen LogP contribution is 2.29. The van der Waals surface area contributed by atoms with Gasteiger partial charge in [0.05, 0.1) is 10.2 Å². The highest BCUT2D eigenvalue weighted by Gasteiger charge is 2.19. The van der Waals surface area contributed by atoms with Crippen molar-refractivity contribution in [2.24, 2.45) is 0 Å². The number of ether oxygens (including phenoxy) is 1. The van der Waals surface area contributed by atoms with Gasteiger partial charge in [0.1, 0.15) is 5.75 Å². The van der Waals surface area contributed by atoms with E-state index >= 15 is 0 Å². The average Bonchev–Trinajstić information content (AvgIpc) is 2.99. The second kappa shape index (κ2) is 6.92. The third-order valence-corrected chi connectivity index (χ3v) is 4.46.